The van der Waals surface area contributed by atoms with Crippen molar-refractivity contribution < 1.29 is 23.1 Å². The third kappa shape index (κ3) is 14.5. The van der Waals surface area contributed by atoms with Gasteiger partial charge in [-0.15, -0.1) is 0 Å². The maximum absolute atomic E-state index is 9.95. The third-order valence-electron chi connectivity index (χ3n) is 4.33. The van der Waals surface area contributed by atoms with Gasteiger partial charge in [0.25, 0.3) is 7.82 Å². The Kier molecular flexibility index (Phi) is 16.1. The molecule has 0 aliphatic rings. The zero-order valence-corrected chi connectivity index (χ0v) is 18.1. The minimum absolute atomic E-state index is 1.04. The fraction of sp³-hybridized carbons (Fsp3) is 0.842. The van der Waals surface area contributed by atoms with Crippen molar-refractivity contribution in [2.24, 2.45) is 0 Å². The number of imidazole rings is 1. The molecule has 1 aromatic heterocycles. The number of hydrogen-bond acceptors (Lipinski definition) is 4. The molecule has 0 bridgehead atoms. The average molecular weight is 391 g/mol. The summed E-state index contributed by atoms with van der Waals surface area (Å²) < 4.78 is 22.2. The minimum Gasteiger partial charge on any atom is -0.756 e. The van der Waals surface area contributed by atoms with Gasteiger partial charge in [-0.25, -0.2) is 9.13 Å². The molecule has 26 heavy (non-hydrogen) atoms. The maximum Gasteiger partial charge on any atom is 0.267 e. The van der Waals surface area contributed by atoms with E-state index in [2.05, 4.69) is 50.8 Å². The lowest BCUT2D eigenvalue weighted by atomic mass is 10.1. The molecule has 6 nitrogen and oxygen atoms in total. The predicted molar refractivity (Wildman–Crippen MR) is 104 cm³/mol. The lowest BCUT2D eigenvalue weighted by Crippen LogP contribution is -2.30. The topological polar surface area (TPSA) is 67.4 Å². The highest BCUT2D eigenvalue weighted by Crippen LogP contribution is 2.34. The largest absolute Gasteiger partial charge is 0.756 e. The van der Waals surface area contributed by atoms with Crippen molar-refractivity contribution in [1.29, 1.82) is 0 Å². The Bertz CT molecular complexity index is 472. The molecule has 0 aromatic carbocycles. The number of phosphoric acid groups is 1. The van der Waals surface area contributed by atoms with Crippen molar-refractivity contribution in [3.8, 4) is 0 Å². The van der Waals surface area contributed by atoms with E-state index in [9.17, 15) is 9.46 Å². The van der Waals surface area contributed by atoms with Crippen molar-refractivity contribution in [1.82, 2.24) is 4.57 Å². The van der Waals surface area contributed by atoms with E-state index in [-0.39, 0.29) is 0 Å². The van der Waals surface area contributed by atoms with Crippen molar-refractivity contribution in [2.75, 3.05) is 14.2 Å². The molecular formula is C19H39N2O4P. The molecule has 154 valence electrons. The average Bonchev–Trinajstić information content (AvgIpc) is 3.12. The van der Waals surface area contributed by atoms with Crippen LogP contribution in [-0.2, 0) is 26.7 Å². The molecule has 0 radical (unpaired) electrons. The number of aromatic nitrogens is 2. The highest BCUT2D eigenvalue weighted by atomic mass is 31.2. The minimum atomic E-state index is -3.90. The van der Waals surface area contributed by atoms with Gasteiger partial charge in [0.05, 0.1) is 13.1 Å². The quantitative estimate of drug-likeness (QED) is 0.267. The molecule has 0 aliphatic heterocycles. The van der Waals surface area contributed by atoms with Gasteiger partial charge in [-0.05, 0) is 19.8 Å². The Labute approximate surface area is 160 Å². The number of unbranched alkanes of at least 4 members (excludes halogenated alkanes) is 9. The van der Waals surface area contributed by atoms with Crippen LogP contribution in [0.4, 0.5) is 0 Å². The molecule has 7 heteroatoms. The summed E-state index contributed by atoms with van der Waals surface area (Å²) in [7, 11) is -1.83. The predicted octanol–water partition coefficient (Wildman–Crippen LogP) is 4.46. The SMILES string of the molecule is CCCCCCCCCCCC[n+]1ccn(CC)c1.COP(=O)([O-])OC. The van der Waals surface area contributed by atoms with Crippen molar-refractivity contribution >= 4 is 7.82 Å². The third-order valence-corrected chi connectivity index (χ3v) is 5.22. The number of nitrogens with zero attached hydrogens (tertiary/aromatic N) is 2. The molecule has 0 saturated heterocycles. The first-order valence-corrected chi connectivity index (χ1v) is 11.4. The van der Waals surface area contributed by atoms with Crippen LogP contribution >= 0.6 is 7.82 Å². The van der Waals surface area contributed by atoms with E-state index in [0.29, 0.717) is 0 Å². The number of rotatable bonds is 14. The molecule has 0 amide bonds. The highest BCUT2D eigenvalue weighted by Gasteiger charge is 2.01. The molecule has 0 saturated carbocycles. The smallest absolute Gasteiger partial charge is 0.267 e. The van der Waals surface area contributed by atoms with Crippen LogP contribution in [0.5, 0.6) is 0 Å². The Morgan fingerprint density at radius 1 is 0.923 bits per heavy atom. The molecule has 1 heterocycles. The van der Waals surface area contributed by atoms with Gasteiger partial charge in [0, 0.05) is 14.2 Å². The van der Waals surface area contributed by atoms with Crippen LogP contribution in [0, 0.1) is 0 Å². The zero-order valence-electron chi connectivity index (χ0n) is 17.2. The lowest BCUT2D eigenvalue weighted by molar-refractivity contribution is -0.696. The summed E-state index contributed by atoms with van der Waals surface area (Å²) in [4.78, 5) is 9.95. The zero-order chi connectivity index (χ0) is 19.7. The fourth-order valence-electron chi connectivity index (χ4n) is 2.61. The molecule has 0 spiro atoms. The Hall–Kier alpha value is -0.680. The second-order valence-electron chi connectivity index (χ2n) is 6.48. The Morgan fingerprint density at radius 2 is 1.42 bits per heavy atom. The summed E-state index contributed by atoms with van der Waals surface area (Å²) in [5.41, 5.74) is 0. The number of aryl methyl sites for hydroxylation is 2. The second kappa shape index (κ2) is 16.5. The molecule has 0 N–H and O–H groups in total. The van der Waals surface area contributed by atoms with E-state index in [1.807, 2.05) is 0 Å². The molecule has 0 aliphatic carbocycles. The van der Waals surface area contributed by atoms with E-state index in [4.69, 9.17) is 0 Å². The molecule has 0 atom stereocenters. The molecule has 0 unspecified atom stereocenters. The van der Waals surface area contributed by atoms with Gasteiger partial charge in [0.15, 0.2) is 0 Å². The highest BCUT2D eigenvalue weighted by molar-refractivity contribution is 7.45. The summed E-state index contributed by atoms with van der Waals surface area (Å²) in [5, 5.41) is 0. The van der Waals surface area contributed by atoms with E-state index in [1.54, 1.807) is 0 Å². The summed E-state index contributed by atoms with van der Waals surface area (Å²) in [6.07, 6.45) is 20.7. The first kappa shape index (κ1) is 25.3. The van der Waals surface area contributed by atoms with E-state index in [1.165, 1.54) is 70.8 Å². The second-order valence-corrected chi connectivity index (χ2v) is 8.10. The van der Waals surface area contributed by atoms with E-state index < -0.39 is 7.82 Å². The maximum atomic E-state index is 9.95. The van der Waals surface area contributed by atoms with Gasteiger partial charge in [-0.1, -0.05) is 58.3 Å². The fourth-order valence-corrected chi connectivity index (χ4v) is 2.76. The van der Waals surface area contributed by atoms with Gasteiger partial charge in [0.1, 0.15) is 12.4 Å². The first-order valence-electron chi connectivity index (χ1n) is 9.96. The van der Waals surface area contributed by atoms with E-state index in [0.717, 1.165) is 20.8 Å². The molecular weight excluding hydrogens is 351 g/mol. The standard InChI is InChI=1S/C17H33N2.C2H7O4P/c1-3-5-6-7-8-9-10-11-12-13-14-19-16-15-18(4-2)17-19;1-5-7(3,4)6-2/h15-17H,3-14H2,1-2H3;1-2H3,(H,3,4)/q+1;/p-1. The molecule has 0 fully saturated rings. The van der Waals surface area contributed by atoms with Crippen LogP contribution < -0.4 is 9.46 Å². The van der Waals surface area contributed by atoms with Gasteiger partial charge < -0.3 is 13.9 Å². The lowest BCUT2D eigenvalue weighted by Gasteiger charge is -2.16. The van der Waals surface area contributed by atoms with Gasteiger partial charge in [0.2, 0.25) is 6.33 Å². The molecule has 1 rings (SSSR count). The summed E-state index contributed by atoms with van der Waals surface area (Å²) in [5.74, 6) is 0. The van der Waals surface area contributed by atoms with Crippen LogP contribution in [0.25, 0.3) is 0 Å². The van der Waals surface area contributed by atoms with Gasteiger partial charge in [-0.2, -0.15) is 0 Å². The molecule has 1 aromatic rings. The van der Waals surface area contributed by atoms with Crippen molar-refractivity contribution in [3.63, 3.8) is 0 Å². The van der Waals surface area contributed by atoms with E-state index >= 15 is 0 Å². The summed E-state index contributed by atoms with van der Waals surface area (Å²) in [6.45, 7) is 6.73. The Balaban J connectivity index is 0.000000758. The Morgan fingerprint density at radius 3 is 1.81 bits per heavy atom. The number of hydrogen-bond donors (Lipinski definition) is 0. The van der Waals surface area contributed by atoms with Crippen LogP contribution in [0.2, 0.25) is 0 Å². The van der Waals surface area contributed by atoms with Crippen LogP contribution in [0.15, 0.2) is 18.7 Å². The normalized spacial score (nSPS) is 11.3. The van der Waals surface area contributed by atoms with Crippen LogP contribution in [0.3, 0.4) is 0 Å². The summed E-state index contributed by atoms with van der Waals surface area (Å²) >= 11 is 0. The van der Waals surface area contributed by atoms with Crippen LogP contribution in [-0.4, -0.2) is 18.8 Å². The van der Waals surface area contributed by atoms with Crippen molar-refractivity contribution in [2.45, 2.75) is 91.1 Å². The number of phosphoric ester groups is 1. The van der Waals surface area contributed by atoms with Gasteiger partial charge >= 0.3 is 0 Å². The van der Waals surface area contributed by atoms with Crippen molar-refractivity contribution in [3.05, 3.63) is 18.7 Å². The first-order chi connectivity index (χ1) is 12.5. The summed E-state index contributed by atoms with van der Waals surface area (Å²) in [6, 6.07) is 0. The monoisotopic (exact) mass is 390 g/mol. The van der Waals surface area contributed by atoms with Gasteiger partial charge in [-0.3, -0.25) is 4.57 Å². The van der Waals surface area contributed by atoms with Crippen LogP contribution in [0.1, 0.15) is 78.1 Å².